The highest BCUT2D eigenvalue weighted by Crippen LogP contribution is 2.23. The van der Waals surface area contributed by atoms with E-state index in [2.05, 4.69) is 10.4 Å². The Labute approximate surface area is 138 Å². The summed E-state index contributed by atoms with van der Waals surface area (Å²) in [4.78, 5) is 23.0. The van der Waals surface area contributed by atoms with E-state index in [-0.39, 0.29) is 0 Å². The second kappa shape index (κ2) is 6.78. The zero-order valence-corrected chi connectivity index (χ0v) is 12.7. The van der Waals surface area contributed by atoms with Crippen LogP contribution < -0.4 is 5.32 Å². The lowest BCUT2D eigenvalue weighted by Crippen LogP contribution is -2.29. The number of carbonyl (C=O) groups is 2. The summed E-state index contributed by atoms with van der Waals surface area (Å²) in [5.74, 6) is -1.57. The predicted molar refractivity (Wildman–Crippen MR) is 89.0 cm³/mol. The molecule has 0 aliphatic heterocycles. The smallest absolute Gasteiger partial charge is 0.322 e. The van der Waals surface area contributed by atoms with Crippen LogP contribution in [0.1, 0.15) is 10.4 Å². The number of nitrogens with zero attached hydrogens (tertiary/aromatic N) is 2. The van der Waals surface area contributed by atoms with E-state index < -0.39 is 18.4 Å². The molecule has 1 heterocycles. The summed E-state index contributed by atoms with van der Waals surface area (Å²) < 4.78 is 1.61. The molecule has 0 saturated carbocycles. The number of rotatable bonds is 5. The van der Waals surface area contributed by atoms with Gasteiger partial charge < -0.3 is 10.4 Å². The maximum absolute atomic E-state index is 12.4. The monoisotopic (exact) mass is 321 g/mol. The van der Waals surface area contributed by atoms with Crippen LogP contribution >= 0.6 is 0 Å². The lowest BCUT2D eigenvalue weighted by atomic mass is 10.1. The van der Waals surface area contributed by atoms with E-state index >= 15 is 0 Å². The highest BCUT2D eigenvalue weighted by molar-refractivity contribution is 6.01. The van der Waals surface area contributed by atoms with Gasteiger partial charge in [0.1, 0.15) is 12.2 Å². The minimum Gasteiger partial charge on any atom is -0.480 e. The zero-order chi connectivity index (χ0) is 16.9. The summed E-state index contributed by atoms with van der Waals surface area (Å²) in [5.41, 5.74) is 2.42. The van der Waals surface area contributed by atoms with Crippen molar-refractivity contribution in [3.05, 3.63) is 72.4 Å². The highest BCUT2D eigenvalue weighted by atomic mass is 16.4. The Morgan fingerprint density at radius 2 is 1.62 bits per heavy atom. The van der Waals surface area contributed by atoms with Crippen molar-refractivity contribution in [2.45, 2.75) is 0 Å². The summed E-state index contributed by atoms with van der Waals surface area (Å²) in [6, 6.07) is 18.7. The van der Waals surface area contributed by atoms with Gasteiger partial charge in [-0.15, -0.1) is 0 Å². The maximum Gasteiger partial charge on any atom is 0.322 e. The maximum atomic E-state index is 12.4. The molecule has 0 bridgehead atoms. The number of aromatic nitrogens is 2. The lowest BCUT2D eigenvalue weighted by molar-refractivity contribution is -0.135. The summed E-state index contributed by atoms with van der Waals surface area (Å²) >= 11 is 0. The van der Waals surface area contributed by atoms with Gasteiger partial charge in [-0.3, -0.25) is 9.59 Å². The van der Waals surface area contributed by atoms with Crippen LogP contribution in [0.5, 0.6) is 0 Å². The third kappa shape index (κ3) is 3.33. The van der Waals surface area contributed by atoms with Gasteiger partial charge in [-0.2, -0.15) is 5.10 Å². The first-order valence-corrected chi connectivity index (χ1v) is 7.35. The van der Waals surface area contributed by atoms with Crippen LogP contribution in [-0.2, 0) is 4.79 Å². The molecule has 0 radical (unpaired) electrons. The van der Waals surface area contributed by atoms with Crippen molar-refractivity contribution in [1.82, 2.24) is 15.1 Å². The number of aliphatic carboxylic acids is 1. The molecular formula is C18H15N3O3. The summed E-state index contributed by atoms with van der Waals surface area (Å²) in [5, 5.41) is 15.6. The van der Waals surface area contributed by atoms with Crippen LogP contribution in [0.15, 0.2) is 66.9 Å². The van der Waals surface area contributed by atoms with Crippen LogP contribution in [0.2, 0.25) is 0 Å². The average Bonchev–Trinajstić information content (AvgIpc) is 3.06. The van der Waals surface area contributed by atoms with Gasteiger partial charge in [-0.1, -0.05) is 48.5 Å². The molecule has 2 N–H and O–H groups in total. The first-order chi connectivity index (χ1) is 11.6. The van der Waals surface area contributed by atoms with E-state index in [9.17, 15) is 9.59 Å². The summed E-state index contributed by atoms with van der Waals surface area (Å²) in [6.07, 6.45) is 1.61. The van der Waals surface area contributed by atoms with Gasteiger partial charge in [0.25, 0.3) is 5.91 Å². The largest absolute Gasteiger partial charge is 0.480 e. The van der Waals surface area contributed by atoms with E-state index in [4.69, 9.17) is 5.11 Å². The third-order valence-electron chi connectivity index (χ3n) is 3.43. The van der Waals surface area contributed by atoms with Gasteiger partial charge >= 0.3 is 5.97 Å². The molecule has 0 aliphatic carbocycles. The quantitative estimate of drug-likeness (QED) is 0.755. The Bertz CT molecular complexity index is 858. The van der Waals surface area contributed by atoms with Gasteiger partial charge in [0.05, 0.1) is 11.3 Å². The number of amides is 1. The molecule has 0 unspecified atom stereocenters. The number of hydrogen-bond donors (Lipinski definition) is 2. The van der Waals surface area contributed by atoms with Gasteiger partial charge in [0.15, 0.2) is 0 Å². The number of carboxylic acids is 1. The number of benzene rings is 2. The minimum atomic E-state index is -1.10. The fraction of sp³-hybridized carbons (Fsp3) is 0.0556. The third-order valence-corrected chi connectivity index (χ3v) is 3.43. The van der Waals surface area contributed by atoms with E-state index in [1.165, 1.54) is 0 Å². The molecule has 2 aromatic carbocycles. The Hall–Kier alpha value is -3.41. The Morgan fingerprint density at radius 3 is 2.25 bits per heavy atom. The number of carboxylic acid groups (broad SMARTS) is 1. The van der Waals surface area contributed by atoms with Crippen LogP contribution in [0.25, 0.3) is 16.9 Å². The van der Waals surface area contributed by atoms with Crippen molar-refractivity contribution in [3.63, 3.8) is 0 Å². The highest BCUT2D eigenvalue weighted by Gasteiger charge is 2.18. The number of nitrogens with one attached hydrogen (secondary N) is 1. The molecule has 0 spiro atoms. The van der Waals surface area contributed by atoms with E-state index in [1.807, 2.05) is 60.7 Å². The van der Waals surface area contributed by atoms with Gasteiger partial charge in [-0.25, -0.2) is 4.68 Å². The SMILES string of the molecule is O=C(O)CNC(=O)c1cn(-c2ccccc2)nc1-c1ccccc1. The molecule has 24 heavy (non-hydrogen) atoms. The van der Waals surface area contributed by atoms with Crippen LogP contribution in [0.4, 0.5) is 0 Å². The normalized spacial score (nSPS) is 10.3. The first kappa shape index (κ1) is 15.5. The molecule has 0 fully saturated rings. The minimum absolute atomic E-state index is 0.325. The lowest BCUT2D eigenvalue weighted by Gasteiger charge is -2.02. The number of carbonyl (C=O) groups excluding carboxylic acids is 1. The van der Waals surface area contributed by atoms with Crippen LogP contribution in [0, 0.1) is 0 Å². The van der Waals surface area contributed by atoms with Crippen LogP contribution in [0.3, 0.4) is 0 Å². The molecule has 0 atom stereocenters. The number of hydrogen-bond acceptors (Lipinski definition) is 3. The molecule has 6 nitrogen and oxygen atoms in total. The Kier molecular flexibility index (Phi) is 4.38. The molecule has 120 valence electrons. The molecule has 0 aliphatic rings. The molecule has 3 aromatic rings. The standard InChI is InChI=1S/C18H15N3O3/c22-16(23)11-19-18(24)15-12-21(14-9-5-2-6-10-14)20-17(15)13-7-3-1-4-8-13/h1-10,12H,11H2,(H,19,24)(H,22,23). The van der Waals surface area contributed by atoms with Crippen molar-refractivity contribution in [1.29, 1.82) is 0 Å². The Morgan fingerprint density at radius 1 is 1.00 bits per heavy atom. The zero-order valence-electron chi connectivity index (χ0n) is 12.7. The Balaban J connectivity index is 2.03. The molecular weight excluding hydrogens is 306 g/mol. The predicted octanol–water partition coefficient (Wildman–Crippen LogP) is 2.35. The number of para-hydroxylation sites is 1. The van der Waals surface area contributed by atoms with E-state index in [0.717, 1.165) is 11.3 Å². The van der Waals surface area contributed by atoms with E-state index in [1.54, 1.807) is 10.9 Å². The topological polar surface area (TPSA) is 84.2 Å². The fourth-order valence-electron chi connectivity index (χ4n) is 2.31. The summed E-state index contributed by atoms with van der Waals surface area (Å²) in [7, 11) is 0. The second-order valence-electron chi connectivity index (χ2n) is 5.11. The molecule has 0 saturated heterocycles. The molecule has 1 aromatic heterocycles. The van der Waals surface area contributed by atoms with Crippen molar-refractivity contribution < 1.29 is 14.7 Å². The summed E-state index contributed by atoms with van der Waals surface area (Å²) in [6.45, 7) is -0.441. The van der Waals surface area contributed by atoms with Crippen molar-refractivity contribution in [2.24, 2.45) is 0 Å². The van der Waals surface area contributed by atoms with Crippen molar-refractivity contribution in [2.75, 3.05) is 6.54 Å². The second-order valence-corrected chi connectivity index (χ2v) is 5.11. The van der Waals surface area contributed by atoms with Crippen molar-refractivity contribution >= 4 is 11.9 Å². The molecule has 3 rings (SSSR count). The molecule has 6 heteroatoms. The van der Waals surface area contributed by atoms with Gasteiger partial charge in [-0.05, 0) is 12.1 Å². The van der Waals surface area contributed by atoms with E-state index in [0.29, 0.717) is 11.3 Å². The van der Waals surface area contributed by atoms with Gasteiger partial charge in [0.2, 0.25) is 0 Å². The van der Waals surface area contributed by atoms with Crippen LogP contribution in [-0.4, -0.2) is 33.3 Å². The van der Waals surface area contributed by atoms with Crippen molar-refractivity contribution in [3.8, 4) is 16.9 Å². The molecule has 1 amide bonds. The first-order valence-electron chi connectivity index (χ1n) is 7.35. The average molecular weight is 321 g/mol. The van der Waals surface area contributed by atoms with Gasteiger partial charge in [0, 0.05) is 11.8 Å². The fourth-order valence-corrected chi connectivity index (χ4v) is 2.31.